The highest BCUT2D eigenvalue weighted by atomic mass is 16.4. The molecule has 0 aliphatic rings. The Morgan fingerprint density at radius 2 is 1.41 bits per heavy atom. The Morgan fingerprint density at radius 1 is 0.759 bits per heavy atom. The Hall–Kier alpha value is -3.86. The Kier molecular flexibility index (Phi) is 5.67. The molecular formula is C24H20N4O. The fraction of sp³-hybridized carbons (Fsp3) is 0.0833. The molecule has 142 valence electrons. The van der Waals surface area contributed by atoms with Crippen LogP contribution in [0.15, 0.2) is 103 Å². The smallest absolute Gasteiger partial charge is 0.115 e. The SMILES string of the molecule is ON=C(CC(c1ccccc1)c1ccc(-c2cncnc2)cc1)c1ccncc1. The van der Waals surface area contributed by atoms with Crippen LogP contribution in [0.3, 0.4) is 0 Å². The lowest BCUT2D eigenvalue weighted by Gasteiger charge is -2.19. The maximum atomic E-state index is 9.67. The van der Waals surface area contributed by atoms with E-state index in [1.165, 1.54) is 11.9 Å². The Morgan fingerprint density at radius 3 is 2.07 bits per heavy atom. The number of hydrogen-bond acceptors (Lipinski definition) is 5. The highest BCUT2D eigenvalue weighted by Crippen LogP contribution is 2.31. The van der Waals surface area contributed by atoms with Crippen molar-refractivity contribution in [2.45, 2.75) is 12.3 Å². The van der Waals surface area contributed by atoms with E-state index >= 15 is 0 Å². The minimum Gasteiger partial charge on any atom is -0.411 e. The molecule has 1 atom stereocenters. The molecule has 4 aromatic rings. The summed E-state index contributed by atoms with van der Waals surface area (Å²) in [5.74, 6) is 0.0522. The van der Waals surface area contributed by atoms with Crippen molar-refractivity contribution in [2.75, 3.05) is 0 Å². The molecule has 29 heavy (non-hydrogen) atoms. The second-order valence-corrected chi connectivity index (χ2v) is 6.70. The lowest BCUT2D eigenvalue weighted by molar-refractivity contribution is 0.317. The first-order chi connectivity index (χ1) is 14.3. The molecule has 2 aromatic heterocycles. The largest absolute Gasteiger partial charge is 0.411 e. The lowest BCUT2D eigenvalue weighted by atomic mass is 9.85. The topological polar surface area (TPSA) is 71.3 Å². The van der Waals surface area contributed by atoms with E-state index in [4.69, 9.17) is 0 Å². The molecule has 0 saturated carbocycles. The quantitative estimate of drug-likeness (QED) is 0.292. The zero-order chi connectivity index (χ0) is 19.9. The van der Waals surface area contributed by atoms with Crippen LogP contribution in [0.1, 0.15) is 29.0 Å². The van der Waals surface area contributed by atoms with Crippen molar-refractivity contribution in [1.29, 1.82) is 0 Å². The number of pyridine rings is 1. The van der Waals surface area contributed by atoms with Gasteiger partial charge in [0.2, 0.25) is 0 Å². The molecular weight excluding hydrogens is 360 g/mol. The summed E-state index contributed by atoms with van der Waals surface area (Å²) >= 11 is 0. The van der Waals surface area contributed by atoms with Gasteiger partial charge in [0, 0.05) is 48.3 Å². The van der Waals surface area contributed by atoms with Crippen LogP contribution in [0.2, 0.25) is 0 Å². The van der Waals surface area contributed by atoms with Crippen LogP contribution < -0.4 is 0 Å². The van der Waals surface area contributed by atoms with E-state index in [1.54, 1.807) is 24.8 Å². The average Bonchev–Trinajstić information content (AvgIpc) is 2.82. The molecule has 5 heteroatoms. The van der Waals surface area contributed by atoms with Gasteiger partial charge in [-0.15, -0.1) is 0 Å². The summed E-state index contributed by atoms with van der Waals surface area (Å²) in [5.41, 5.74) is 5.84. The van der Waals surface area contributed by atoms with Crippen molar-refractivity contribution in [3.63, 3.8) is 0 Å². The Bertz CT molecular complexity index is 1070. The fourth-order valence-electron chi connectivity index (χ4n) is 3.42. The normalized spacial score (nSPS) is 12.5. The van der Waals surface area contributed by atoms with Gasteiger partial charge in [0.15, 0.2) is 0 Å². The number of nitrogens with zero attached hydrogens (tertiary/aromatic N) is 4. The molecule has 2 aromatic carbocycles. The van der Waals surface area contributed by atoms with Crippen molar-refractivity contribution >= 4 is 5.71 Å². The van der Waals surface area contributed by atoms with Crippen LogP contribution in [0.4, 0.5) is 0 Å². The van der Waals surface area contributed by atoms with E-state index in [0.29, 0.717) is 12.1 Å². The number of aromatic nitrogens is 3. The van der Waals surface area contributed by atoms with Gasteiger partial charge in [0.25, 0.3) is 0 Å². The molecule has 0 amide bonds. The first-order valence-electron chi connectivity index (χ1n) is 9.37. The standard InChI is InChI=1S/C24H20N4O/c29-28-24(21-10-12-25-13-11-21)14-23(19-4-2-1-3-5-19)20-8-6-18(7-9-20)22-15-26-17-27-16-22/h1-13,15-17,23,29H,14H2. The third-order valence-electron chi connectivity index (χ3n) is 4.94. The molecule has 0 aliphatic heterocycles. The maximum Gasteiger partial charge on any atom is 0.115 e. The zero-order valence-corrected chi connectivity index (χ0v) is 15.8. The van der Waals surface area contributed by atoms with E-state index in [9.17, 15) is 5.21 Å². The summed E-state index contributed by atoms with van der Waals surface area (Å²) in [6.07, 6.45) is 9.10. The average molecular weight is 380 g/mol. The molecule has 4 rings (SSSR count). The summed E-state index contributed by atoms with van der Waals surface area (Å²) in [4.78, 5) is 12.2. The fourth-order valence-corrected chi connectivity index (χ4v) is 3.42. The second kappa shape index (κ2) is 8.89. The lowest BCUT2D eigenvalue weighted by Crippen LogP contribution is -2.10. The number of benzene rings is 2. The van der Waals surface area contributed by atoms with E-state index in [0.717, 1.165) is 22.3 Å². The molecule has 0 radical (unpaired) electrons. The molecule has 1 N–H and O–H groups in total. The maximum absolute atomic E-state index is 9.67. The Labute approximate surface area is 169 Å². The number of hydrogen-bond donors (Lipinski definition) is 1. The van der Waals surface area contributed by atoms with Gasteiger partial charge in [0.05, 0.1) is 5.71 Å². The van der Waals surface area contributed by atoms with Crippen LogP contribution in [0, 0.1) is 0 Å². The summed E-state index contributed by atoms with van der Waals surface area (Å²) < 4.78 is 0. The summed E-state index contributed by atoms with van der Waals surface area (Å²) in [7, 11) is 0. The van der Waals surface area contributed by atoms with Gasteiger partial charge in [-0.1, -0.05) is 59.8 Å². The molecule has 0 saturated heterocycles. The molecule has 0 spiro atoms. The van der Waals surface area contributed by atoms with Crippen LogP contribution in [-0.4, -0.2) is 25.9 Å². The van der Waals surface area contributed by atoms with Gasteiger partial charge >= 0.3 is 0 Å². The second-order valence-electron chi connectivity index (χ2n) is 6.70. The van der Waals surface area contributed by atoms with Gasteiger partial charge < -0.3 is 5.21 Å². The monoisotopic (exact) mass is 380 g/mol. The predicted molar refractivity (Wildman–Crippen MR) is 113 cm³/mol. The predicted octanol–water partition coefficient (Wildman–Crippen LogP) is 4.94. The first kappa shape index (κ1) is 18.5. The van der Waals surface area contributed by atoms with E-state index < -0.39 is 0 Å². The van der Waals surface area contributed by atoms with Crippen molar-refractivity contribution in [3.8, 4) is 11.1 Å². The zero-order valence-electron chi connectivity index (χ0n) is 15.8. The van der Waals surface area contributed by atoms with Crippen molar-refractivity contribution in [2.24, 2.45) is 5.16 Å². The van der Waals surface area contributed by atoms with Gasteiger partial charge in [0.1, 0.15) is 6.33 Å². The number of oxime groups is 1. The summed E-state index contributed by atoms with van der Waals surface area (Å²) in [6, 6.07) is 22.4. The van der Waals surface area contributed by atoms with E-state index in [-0.39, 0.29) is 5.92 Å². The Balaban J connectivity index is 1.68. The highest BCUT2D eigenvalue weighted by Gasteiger charge is 2.19. The molecule has 0 aliphatic carbocycles. The van der Waals surface area contributed by atoms with Crippen molar-refractivity contribution in [3.05, 3.63) is 115 Å². The van der Waals surface area contributed by atoms with E-state index in [2.05, 4.69) is 56.5 Å². The van der Waals surface area contributed by atoms with Crippen LogP contribution in [0.25, 0.3) is 11.1 Å². The highest BCUT2D eigenvalue weighted by molar-refractivity contribution is 6.00. The van der Waals surface area contributed by atoms with Crippen molar-refractivity contribution < 1.29 is 5.21 Å². The van der Waals surface area contributed by atoms with Crippen molar-refractivity contribution in [1.82, 2.24) is 15.0 Å². The minimum absolute atomic E-state index is 0.0522. The van der Waals surface area contributed by atoms with Crippen LogP contribution in [0.5, 0.6) is 0 Å². The third kappa shape index (κ3) is 4.35. The van der Waals surface area contributed by atoms with Crippen LogP contribution in [-0.2, 0) is 0 Å². The van der Waals surface area contributed by atoms with E-state index in [1.807, 2.05) is 30.3 Å². The van der Waals surface area contributed by atoms with Gasteiger partial charge in [-0.3, -0.25) is 4.98 Å². The van der Waals surface area contributed by atoms with Gasteiger partial charge in [-0.2, -0.15) is 0 Å². The van der Waals surface area contributed by atoms with Gasteiger partial charge in [-0.05, 0) is 28.8 Å². The molecule has 1 unspecified atom stereocenters. The minimum atomic E-state index is 0.0522. The summed E-state index contributed by atoms with van der Waals surface area (Å²) in [6.45, 7) is 0. The van der Waals surface area contributed by atoms with Crippen LogP contribution >= 0.6 is 0 Å². The number of rotatable bonds is 6. The van der Waals surface area contributed by atoms with Gasteiger partial charge in [-0.25, -0.2) is 9.97 Å². The molecule has 0 fully saturated rings. The summed E-state index contributed by atoms with van der Waals surface area (Å²) in [5, 5.41) is 13.3. The first-order valence-corrected chi connectivity index (χ1v) is 9.37. The molecule has 5 nitrogen and oxygen atoms in total. The third-order valence-corrected chi connectivity index (χ3v) is 4.94. The molecule has 0 bridgehead atoms. The molecule has 2 heterocycles.